The molecule has 1 aliphatic heterocycles. The summed E-state index contributed by atoms with van der Waals surface area (Å²) in [4.78, 5) is 36.4. The van der Waals surface area contributed by atoms with Gasteiger partial charge in [-0.1, -0.05) is 12.1 Å². The van der Waals surface area contributed by atoms with Crippen LogP contribution in [0.1, 0.15) is 35.2 Å². The highest BCUT2D eigenvalue weighted by Gasteiger charge is 2.46. The number of Topliss-reactive ketones (excluding diaryl/α,β-unsaturated/α-hetero) is 1. The minimum absolute atomic E-state index is 0.00786. The number of fused-ring (bicyclic) bond motifs is 1. The van der Waals surface area contributed by atoms with E-state index in [2.05, 4.69) is 5.32 Å². The average molecular weight is 383 g/mol. The van der Waals surface area contributed by atoms with Gasteiger partial charge in [0.2, 0.25) is 5.78 Å². The van der Waals surface area contributed by atoms with E-state index in [4.69, 9.17) is 9.47 Å². The van der Waals surface area contributed by atoms with Crippen LogP contribution < -0.4 is 10.1 Å². The van der Waals surface area contributed by atoms with Gasteiger partial charge in [0.05, 0.1) is 11.6 Å². The number of anilines is 1. The van der Waals surface area contributed by atoms with Crippen molar-refractivity contribution in [3.63, 3.8) is 0 Å². The smallest absolute Gasteiger partial charge is 0.310 e. The fourth-order valence-corrected chi connectivity index (χ4v) is 3.32. The molecule has 0 saturated heterocycles. The van der Waals surface area contributed by atoms with Crippen LogP contribution in [-0.4, -0.2) is 30.4 Å². The number of carbonyl (C=O) groups excluding carboxylic acids is 3. The summed E-state index contributed by atoms with van der Waals surface area (Å²) in [6.07, 6.45) is -0.339. The van der Waals surface area contributed by atoms with Crippen LogP contribution in [-0.2, 0) is 14.3 Å². The summed E-state index contributed by atoms with van der Waals surface area (Å²) in [6, 6.07) is 10.7. The van der Waals surface area contributed by atoms with Gasteiger partial charge in [0.15, 0.2) is 12.7 Å². The number of rotatable bonds is 5. The lowest BCUT2D eigenvalue weighted by Crippen LogP contribution is -2.27. The Morgan fingerprint density at radius 2 is 1.96 bits per heavy atom. The van der Waals surface area contributed by atoms with Crippen molar-refractivity contribution in [3.05, 3.63) is 59.4 Å². The predicted molar refractivity (Wildman–Crippen MR) is 97.7 cm³/mol. The van der Waals surface area contributed by atoms with Crippen molar-refractivity contribution < 1.29 is 28.2 Å². The molecule has 1 saturated carbocycles. The largest absolute Gasteiger partial charge is 0.482 e. The summed E-state index contributed by atoms with van der Waals surface area (Å²) >= 11 is 0. The Kier molecular flexibility index (Phi) is 4.58. The summed E-state index contributed by atoms with van der Waals surface area (Å²) < 4.78 is 23.6. The van der Waals surface area contributed by atoms with Gasteiger partial charge < -0.3 is 14.8 Å². The molecular formula is C21H18FNO5. The van der Waals surface area contributed by atoms with Gasteiger partial charge in [-0.2, -0.15) is 0 Å². The number of benzene rings is 2. The number of nitrogens with one attached hydrogen (secondary N) is 1. The molecule has 1 aliphatic carbocycles. The van der Waals surface area contributed by atoms with Gasteiger partial charge in [-0.05, 0) is 55.2 Å². The second-order valence-corrected chi connectivity index (χ2v) is 6.99. The van der Waals surface area contributed by atoms with E-state index < -0.39 is 12.1 Å². The van der Waals surface area contributed by atoms with Gasteiger partial charge in [-0.15, -0.1) is 0 Å². The number of ether oxygens (including phenoxy) is 2. The Morgan fingerprint density at radius 3 is 2.71 bits per heavy atom. The first-order valence-electron chi connectivity index (χ1n) is 8.99. The van der Waals surface area contributed by atoms with Crippen LogP contribution in [0, 0.1) is 11.7 Å². The molecule has 1 fully saturated rings. The summed E-state index contributed by atoms with van der Waals surface area (Å²) in [7, 11) is 0. The maximum absolute atomic E-state index is 13.0. The number of halogens is 1. The molecule has 28 heavy (non-hydrogen) atoms. The first-order chi connectivity index (χ1) is 13.4. The van der Waals surface area contributed by atoms with E-state index in [1.165, 1.54) is 25.1 Å². The van der Waals surface area contributed by atoms with Crippen molar-refractivity contribution in [1.82, 2.24) is 0 Å². The molecule has 3 atom stereocenters. The van der Waals surface area contributed by atoms with Gasteiger partial charge in [-0.25, -0.2) is 4.39 Å². The molecule has 1 N–H and O–H groups in total. The lowest BCUT2D eigenvalue weighted by Gasteiger charge is -2.19. The minimum Gasteiger partial charge on any atom is -0.482 e. The second-order valence-electron chi connectivity index (χ2n) is 6.99. The minimum atomic E-state index is -0.958. The maximum Gasteiger partial charge on any atom is 0.310 e. The predicted octanol–water partition coefficient (Wildman–Crippen LogP) is 3.07. The Hall–Kier alpha value is -3.22. The van der Waals surface area contributed by atoms with E-state index in [0.717, 1.165) is 5.56 Å². The molecule has 3 unspecified atom stereocenters. The van der Waals surface area contributed by atoms with E-state index in [1.54, 1.807) is 24.3 Å². The van der Waals surface area contributed by atoms with Crippen molar-refractivity contribution in [2.75, 3.05) is 11.9 Å². The quantitative estimate of drug-likeness (QED) is 0.634. The summed E-state index contributed by atoms with van der Waals surface area (Å²) in [5.41, 5.74) is 1.61. The van der Waals surface area contributed by atoms with Crippen molar-refractivity contribution in [2.45, 2.75) is 25.4 Å². The third kappa shape index (κ3) is 3.60. The summed E-state index contributed by atoms with van der Waals surface area (Å²) in [5, 5.41) is 2.64. The van der Waals surface area contributed by atoms with Gasteiger partial charge in [0.25, 0.3) is 5.91 Å². The molecule has 2 aromatic carbocycles. The van der Waals surface area contributed by atoms with Crippen LogP contribution in [0.5, 0.6) is 5.75 Å². The molecule has 144 valence electrons. The van der Waals surface area contributed by atoms with Gasteiger partial charge >= 0.3 is 5.97 Å². The van der Waals surface area contributed by atoms with Crippen molar-refractivity contribution >= 4 is 23.3 Å². The van der Waals surface area contributed by atoms with Crippen LogP contribution in [0.3, 0.4) is 0 Å². The molecule has 0 radical (unpaired) electrons. The van der Waals surface area contributed by atoms with Crippen LogP contribution in [0.2, 0.25) is 0 Å². The highest BCUT2D eigenvalue weighted by Crippen LogP contribution is 2.48. The van der Waals surface area contributed by atoms with E-state index in [1.807, 2.05) is 0 Å². The van der Waals surface area contributed by atoms with Crippen molar-refractivity contribution in [3.8, 4) is 5.75 Å². The van der Waals surface area contributed by atoms with Gasteiger partial charge in [0, 0.05) is 5.56 Å². The number of hydrogen-bond acceptors (Lipinski definition) is 5. The van der Waals surface area contributed by atoms with Crippen LogP contribution in [0.4, 0.5) is 10.1 Å². The lowest BCUT2D eigenvalue weighted by atomic mass is 10.1. The third-order valence-electron chi connectivity index (χ3n) is 4.95. The zero-order chi connectivity index (χ0) is 19.8. The average Bonchev–Trinajstić information content (AvgIpc) is 3.48. The zero-order valence-electron chi connectivity index (χ0n) is 15.1. The topological polar surface area (TPSA) is 81.7 Å². The first kappa shape index (κ1) is 18.2. The van der Waals surface area contributed by atoms with Gasteiger partial charge in [0.1, 0.15) is 11.6 Å². The zero-order valence-corrected chi connectivity index (χ0v) is 15.1. The number of ketones is 1. The number of amides is 1. The Bertz CT molecular complexity index is 956. The molecule has 0 bridgehead atoms. The molecule has 1 amide bonds. The van der Waals surface area contributed by atoms with Crippen LogP contribution >= 0.6 is 0 Å². The van der Waals surface area contributed by atoms with Crippen LogP contribution in [0.25, 0.3) is 0 Å². The van der Waals surface area contributed by atoms with Crippen LogP contribution in [0.15, 0.2) is 42.5 Å². The van der Waals surface area contributed by atoms with E-state index in [-0.39, 0.29) is 36.0 Å². The van der Waals surface area contributed by atoms with Crippen molar-refractivity contribution in [2.24, 2.45) is 5.92 Å². The fraction of sp³-hybridized carbons (Fsp3) is 0.286. The highest BCUT2D eigenvalue weighted by atomic mass is 19.1. The normalized spacial score (nSPS) is 21.0. The SMILES string of the molecule is CC(OC(=O)C1CC1c1ccc(F)cc1)C(=O)c1ccc2c(c1)NC(=O)CO2. The molecule has 1 heterocycles. The molecule has 0 aromatic heterocycles. The number of hydrogen-bond donors (Lipinski definition) is 1. The molecule has 0 spiro atoms. The molecule has 6 nitrogen and oxygen atoms in total. The molecule has 7 heteroatoms. The van der Waals surface area contributed by atoms with Crippen molar-refractivity contribution in [1.29, 1.82) is 0 Å². The Morgan fingerprint density at radius 1 is 1.21 bits per heavy atom. The monoisotopic (exact) mass is 383 g/mol. The molecule has 2 aromatic rings. The summed E-state index contributed by atoms with van der Waals surface area (Å²) in [6.45, 7) is 1.45. The third-order valence-corrected chi connectivity index (χ3v) is 4.95. The van der Waals surface area contributed by atoms with E-state index in [0.29, 0.717) is 23.4 Å². The Balaban J connectivity index is 1.38. The first-order valence-corrected chi connectivity index (χ1v) is 8.99. The maximum atomic E-state index is 13.0. The molecular weight excluding hydrogens is 365 g/mol. The molecule has 2 aliphatic rings. The highest BCUT2D eigenvalue weighted by molar-refractivity contribution is 6.03. The Labute approximate surface area is 160 Å². The second kappa shape index (κ2) is 7.07. The fourth-order valence-electron chi connectivity index (χ4n) is 3.32. The number of esters is 1. The molecule has 4 rings (SSSR count). The van der Waals surface area contributed by atoms with E-state index >= 15 is 0 Å². The summed E-state index contributed by atoms with van der Waals surface area (Å²) in [5.74, 6) is -1.27. The van der Waals surface area contributed by atoms with E-state index in [9.17, 15) is 18.8 Å². The standard InChI is InChI=1S/C21H18FNO5/c1-11(20(25)13-4-7-18-17(8-13)23-19(24)10-27-18)28-21(26)16-9-15(16)12-2-5-14(22)6-3-12/h2-8,11,15-16H,9-10H2,1H3,(H,23,24). The number of carbonyl (C=O) groups is 3. The lowest BCUT2D eigenvalue weighted by molar-refractivity contribution is -0.148. The van der Waals surface area contributed by atoms with Gasteiger partial charge in [-0.3, -0.25) is 14.4 Å².